The van der Waals surface area contributed by atoms with Crippen LogP contribution in [0.2, 0.25) is 0 Å². The Bertz CT molecular complexity index is 346. The molecule has 0 spiro atoms. The van der Waals surface area contributed by atoms with Gasteiger partial charge in [-0.2, -0.15) is 0 Å². The molecule has 2 rings (SSSR count). The van der Waals surface area contributed by atoms with E-state index in [0.717, 1.165) is 13.0 Å². The first-order valence-corrected chi connectivity index (χ1v) is 7.33. The third kappa shape index (κ3) is 3.54. The van der Waals surface area contributed by atoms with Gasteiger partial charge in [-0.15, -0.1) is 0 Å². The minimum absolute atomic E-state index is 0.0601. The molecular formula is C14H25N3O2. The highest BCUT2D eigenvalue weighted by atomic mass is 16.2. The summed E-state index contributed by atoms with van der Waals surface area (Å²) < 4.78 is 0. The van der Waals surface area contributed by atoms with Gasteiger partial charge in [0.2, 0.25) is 11.8 Å². The number of nitrogens with zero attached hydrogens (tertiary/aromatic N) is 2. The molecule has 0 aromatic heterocycles. The van der Waals surface area contributed by atoms with Crippen LogP contribution in [-0.2, 0) is 9.59 Å². The SMILES string of the molecule is CN1C(=O)CCC(NCCC2CCCCN2C)C1=O. The van der Waals surface area contributed by atoms with Crippen LogP contribution in [0.25, 0.3) is 0 Å². The van der Waals surface area contributed by atoms with E-state index in [9.17, 15) is 9.59 Å². The number of piperidine rings is 2. The summed E-state index contributed by atoms with van der Waals surface area (Å²) in [7, 11) is 3.76. The van der Waals surface area contributed by atoms with Crippen molar-refractivity contribution < 1.29 is 9.59 Å². The zero-order valence-electron chi connectivity index (χ0n) is 12.0. The Hall–Kier alpha value is -0.940. The van der Waals surface area contributed by atoms with Crippen molar-refractivity contribution >= 4 is 11.8 Å². The van der Waals surface area contributed by atoms with Gasteiger partial charge in [0.25, 0.3) is 0 Å². The van der Waals surface area contributed by atoms with Gasteiger partial charge < -0.3 is 10.2 Å². The summed E-state index contributed by atoms with van der Waals surface area (Å²) in [6.45, 7) is 2.04. The second-order valence-corrected chi connectivity index (χ2v) is 5.76. The first-order valence-electron chi connectivity index (χ1n) is 7.33. The molecule has 19 heavy (non-hydrogen) atoms. The standard InChI is InChI=1S/C14H25N3O2/c1-16-10-4-3-5-11(16)8-9-15-12-6-7-13(18)17(2)14(12)19/h11-12,15H,3-10H2,1-2H3. The van der Waals surface area contributed by atoms with E-state index >= 15 is 0 Å². The highest BCUT2D eigenvalue weighted by molar-refractivity contribution is 6.00. The molecule has 5 heteroatoms. The maximum absolute atomic E-state index is 11.9. The van der Waals surface area contributed by atoms with Gasteiger partial charge in [-0.3, -0.25) is 14.5 Å². The summed E-state index contributed by atoms with van der Waals surface area (Å²) in [5.74, 6) is -0.136. The predicted molar refractivity (Wildman–Crippen MR) is 73.7 cm³/mol. The van der Waals surface area contributed by atoms with E-state index in [4.69, 9.17) is 0 Å². The summed E-state index contributed by atoms with van der Waals surface area (Å²) in [4.78, 5) is 27.0. The Balaban J connectivity index is 1.73. The molecule has 0 aliphatic carbocycles. The third-order valence-electron chi connectivity index (χ3n) is 4.44. The van der Waals surface area contributed by atoms with Crippen molar-refractivity contribution in [2.75, 3.05) is 27.2 Å². The number of likely N-dealkylation sites (N-methyl/N-ethyl adjacent to an activating group) is 1. The van der Waals surface area contributed by atoms with Crippen molar-refractivity contribution in [1.29, 1.82) is 0 Å². The summed E-state index contributed by atoms with van der Waals surface area (Å²) in [6.07, 6.45) is 6.07. The maximum Gasteiger partial charge on any atom is 0.246 e. The quantitative estimate of drug-likeness (QED) is 0.758. The summed E-state index contributed by atoms with van der Waals surface area (Å²) in [6, 6.07) is 0.468. The number of likely N-dealkylation sites (tertiary alicyclic amines) is 2. The molecule has 0 aromatic rings. The minimum atomic E-state index is -0.170. The fourth-order valence-electron chi connectivity index (χ4n) is 3.04. The van der Waals surface area contributed by atoms with Crippen molar-refractivity contribution in [3.63, 3.8) is 0 Å². The van der Waals surface area contributed by atoms with Crippen molar-refractivity contribution in [2.24, 2.45) is 0 Å². The second kappa shape index (κ2) is 6.48. The molecule has 0 aromatic carbocycles. The maximum atomic E-state index is 11.9. The molecule has 2 aliphatic heterocycles. The molecular weight excluding hydrogens is 242 g/mol. The lowest BCUT2D eigenvalue weighted by Crippen LogP contribution is -2.52. The number of nitrogens with one attached hydrogen (secondary N) is 1. The second-order valence-electron chi connectivity index (χ2n) is 5.76. The van der Waals surface area contributed by atoms with E-state index in [-0.39, 0.29) is 17.9 Å². The first-order chi connectivity index (χ1) is 9.09. The first kappa shape index (κ1) is 14.5. The fraction of sp³-hybridized carbons (Fsp3) is 0.857. The molecule has 2 aliphatic rings. The Labute approximate surface area is 115 Å². The van der Waals surface area contributed by atoms with Gasteiger partial charge in [-0.1, -0.05) is 6.42 Å². The Morgan fingerprint density at radius 2 is 2.00 bits per heavy atom. The van der Waals surface area contributed by atoms with Crippen LogP contribution in [0, 0.1) is 0 Å². The van der Waals surface area contributed by atoms with Crippen LogP contribution in [0.5, 0.6) is 0 Å². The van der Waals surface area contributed by atoms with E-state index in [0.29, 0.717) is 18.9 Å². The molecule has 2 unspecified atom stereocenters. The summed E-state index contributed by atoms with van der Waals surface area (Å²) in [5, 5.41) is 3.32. The molecule has 108 valence electrons. The molecule has 5 nitrogen and oxygen atoms in total. The van der Waals surface area contributed by atoms with Crippen LogP contribution in [0.4, 0.5) is 0 Å². The Morgan fingerprint density at radius 1 is 1.21 bits per heavy atom. The van der Waals surface area contributed by atoms with Crippen molar-refractivity contribution in [3.8, 4) is 0 Å². The zero-order valence-corrected chi connectivity index (χ0v) is 12.0. The molecule has 2 atom stereocenters. The number of carbonyl (C=O) groups excluding carboxylic acids is 2. The van der Waals surface area contributed by atoms with E-state index in [1.54, 1.807) is 7.05 Å². The molecule has 1 N–H and O–H groups in total. The van der Waals surface area contributed by atoms with Crippen LogP contribution in [-0.4, -0.2) is 60.9 Å². The normalized spacial score (nSPS) is 29.9. The van der Waals surface area contributed by atoms with E-state index in [1.165, 1.54) is 30.7 Å². The highest BCUT2D eigenvalue weighted by Gasteiger charge is 2.31. The van der Waals surface area contributed by atoms with Crippen molar-refractivity contribution in [3.05, 3.63) is 0 Å². The van der Waals surface area contributed by atoms with E-state index in [1.807, 2.05) is 0 Å². The topological polar surface area (TPSA) is 52.7 Å². The van der Waals surface area contributed by atoms with Gasteiger partial charge in [-0.25, -0.2) is 0 Å². The predicted octanol–water partition coefficient (Wildman–Crippen LogP) is 0.598. The van der Waals surface area contributed by atoms with Crippen LogP contribution >= 0.6 is 0 Å². The molecule has 0 bridgehead atoms. The Morgan fingerprint density at radius 3 is 2.74 bits per heavy atom. The summed E-state index contributed by atoms with van der Waals surface area (Å²) >= 11 is 0. The number of hydrogen-bond acceptors (Lipinski definition) is 4. The Kier molecular flexibility index (Phi) is 4.93. The monoisotopic (exact) mass is 267 g/mol. The largest absolute Gasteiger partial charge is 0.306 e. The van der Waals surface area contributed by atoms with E-state index < -0.39 is 0 Å². The molecule has 2 fully saturated rings. The average Bonchev–Trinajstić information content (AvgIpc) is 2.41. The molecule has 0 saturated carbocycles. The number of hydrogen-bond donors (Lipinski definition) is 1. The fourth-order valence-corrected chi connectivity index (χ4v) is 3.04. The molecule has 2 amide bonds. The molecule has 0 radical (unpaired) electrons. The van der Waals surface area contributed by atoms with Crippen LogP contribution in [0.1, 0.15) is 38.5 Å². The van der Waals surface area contributed by atoms with Gasteiger partial charge in [0.15, 0.2) is 0 Å². The van der Waals surface area contributed by atoms with Crippen LogP contribution in [0.3, 0.4) is 0 Å². The van der Waals surface area contributed by atoms with Gasteiger partial charge in [0.05, 0.1) is 6.04 Å². The van der Waals surface area contributed by atoms with Crippen molar-refractivity contribution in [1.82, 2.24) is 15.1 Å². The number of carbonyl (C=O) groups is 2. The number of imide groups is 1. The average molecular weight is 267 g/mol. The molecule has 2 saturated heterocycles. The van der Waals surface area contributed by atoms with Crippen LogP contribution < -0.4 is 5.32 Å². The van der Waals surface area contributed by atoms with Gasteiger partial charge in [-0.05, 0) is 45.8 Å². The lowest BCUT2D eigenvalue weighted by atomic mass is 9.99. The molecule has 2 heterocycles. The number of amides is 2. The van der Waals surface area contributed by atoms with Gasteiger partial charge >= 0.3 is 0 Å². The third-order valence-corrected chi connectivity index (χ3v) is 4.44. The minimum Gasteiger partial charge on any atom is -0.306 e. The highest BCUT2D eigenvalue weighted by Crippen LogP contribution is 2.17. The number of rotatable bonds is 4. The lowest BCUT2D eigenvalue weighted by molar-refractivity contribution is -0.148. The zero-order chi connectivity index (χ0) is 13.8. The lowest BCUT2D eigenvalue weighted by Gasteiger charge is -2.33. The van der Waals surface area contributed by atoms with Gasteiger partial charge in [0.1, 0.15) is 0 Å². The smallest absolute Gasteiger partial charge is 0.246 e. The van der Waals surface area contributed by atoms with E-state index in [2.05, 4.69) is 17.3 Å². The van der Waals surface area contributed by atoms with Gasteiger partial charge in [0, 0.05) is 19.5 Å². The van der Waals surface area contributed by atoms with Crippen LogP contribution in [0.15, 0.2) is 0 Å². The van der Waals surface area contributed by atoms with Crippen molar-refractivity contribution in [2.45, 2.75) is 50.6 Å². The summed E-state index contributed by atoms with van der Waals surface area (Å²) in [5.41, 5.74) is 0.